The molecule has 3 heterocycles. The van der Waals surface area contributed by atoms with Gasteiger partial charge in [0.2, 0.25) is 0 Å². The van der Waals surface area contributed by atoms with Crippen molar-refractivity contribution in [3.63, 3.8) is 0 Å². The summed E-state index contributed by atoms with van der Waals surface area (Å²) < 4.78 is 64.4. The molecule has 9 nitrogen and oxygen atoms in total. The summed E-state index contributed by atoms with van der Waals surface area (Å²) >= 11 is 6.35. The Bertz CT molecular complexity index is 1490. The van der Waals surface area contributed by atoms with Crippen molar-refractivity contribution in [2.24, 2.45) is 0 Å². The molecule has 250 valence electrons. The van der Waals surface area contributed by atoms with Crippen molar-refractivity contribution < 1.29 is 37.0 Å². The van der Waals surface area contributed by atoms with Gasteiger partial charge in [0.25, 0.3) is 12.3 Å². The zero-order valence-corrected chi connectivity index (χ0v) is 26.9. The molecule has 1 atom stereocenters. The number of halogens is 5. The molecule has 2 fully saturated rings. The van der Waals surface area contributed by atoms with E-state index < -0.39 is 54.2 Å². The standard InChI is InChI=1S/C32H38ClF4N5O4/c1-31(2,3)46-30(45)40-13-11-39(12-14-40)22-8-5-20(6-9-22)24-10-7-21(33)15-26(24)41-17-23(16-32(36,37)19-41)42-27(28(34)35)25(29(43)44)18-38(42)4/h5-10,15,23,28H,11-14,16-19H2,1-4H3,(H,43,44). The summed E-state index contributed by atoms with van der Waals surface area (Å²) in [5.41, 5.74) is 0.888. The molecule has 14 heteroatoms. The van der Waals surface area contributed by atoms with Crippen LogP contribution < -0.4 is 9.80 Å². The summed E-state index contributed by atoms with van der Waals surface area (Å²) in [6.07, 6.45) is -4.22. The second-order valence-corrected chi connectivity index (χ2v) is 13.3. The number of hydrogen-bond donors (Lipinski definition) is 1. The normalized spacial score (nSPS) is 21.0. The molecule has 1 N–H and O–H groups in total. The first-order valence-electron chi connectivity index (χ1n) is 15.0. The van der Waals surface area contributed by atoms with Gasteiger partial charge >= 0.3 is 12.1 Å². The quantitative estimate of drug-likeness (QED) is 0.374. The first-order chi connectivity index (χ1) is 21.5. The summed E-state index contributed by atoms with van der Waals surface area (Å²) in [6.45, 7) is 6.67. The number of alkyl halides is 4. The van der Waals surface area contributed by atoms with Crippen molar-refractivity contribution in [3.05, 3.63) is 58.8 Å². The van der Waals surface area contributed by atoms with Gasteiger partial charge in [-0.1, -0.05) is 29.8 Å². The molecule has 0 radical (unpaired) electrons. The Morgan fingerprint density at radius 1 is 1.02 bits per heavy atom. The Balaban J connectivity index is 1.37. The highest BCUT2D eigenvalue weighted by Crippen LogP contribution is 2.41. The molecule has 46 heavy (non-hydrogen) atoms. The van der Waals surface area contributed by atoms with Crippen molar-refractivity contribution in [2.45, 2.75) is 51.2 Å². The molecule has 2 aromatic carbocycles. The average Bonchev–Trinajstić information content (AvgIpc) is 3.33. The number of benzene rings is 2. The van der Waals surface area contributed by atoms with E-state index in [2.05, 4.69) is 4.90 Å². The van der Waals surface area contributed by atoms with Gasteiger partial charge in [-0.2, -0.15) is 0 Å². The number of hydrogen-bond acceptors (Lipinski definition) is 7. The number of piperidine rings is 1. The molecule has 3 aliphatic heterocycles. The van der Waals surface area contributed by atoms with Gasteiger partial charge in [-0.25, -0.2) is 32.2 Å². The van der Waals surface area contributed by atoms with Crippen molar-refractivity contribution in [1.82, 2.24) is 14.9 Å². The van der Waals surface area contributed by atoms with Crippen molar-refractivity contribution in [3.8, 4) is 11.1 Å². The Hall–Kier alpha value is -3.71. The fraction of sp³-hybridized carbons (Fsp3) is 0.500. The summed E-state index contributed by atoms with van der Waals surface area (Å²) in [4.78, 5) is 29.4. The Kier molecular flexibility index (Phi) is 9.38. The monoisotopic (exact) mass is 667 g/mol. The number of nitrogens with zero attached hydrogens (tertiary/aromatic N) is 5. The summed E-state index contributed by atoms with van der Waals surface area (Å²) in [5.74, 6) is -4.76. The second-order valence-electron chi connectivity index (χ2n) is 12.9. The number of carboxylic acids is 1. The molecule has 2 aromatic rings. The number of carboxylic acid groups (broad SMARTS) is 1. The van der Waals surface area contributed by atoms with Crippen LogP contribution in [0.4, 0.5) is 33.7 Å². The van der Waals surface area contributed by atoms with Gasteiger partial charge in [0.15, 0.2) is 0 Å². The predicted octanol–water partition coefficient (Wildman–Crippen LogP) is 6.04. The maximum atomic E-state index is 15.3. The van der Waals surface area contributed by atoms with E-state index in [1.54, 1.807) is 23.1 Å². The van der Waals surface area contributed by atoms with Gasteiger partial charge in [0.05, 0.1) is 24.7 Å². The Morgan fingerprint density at radius 3 is 2.26 bits per heavy atom. The number of aliphatic carboxylic acids is 1. The predicted molar refractivity (Wildman–Crippen MR) is 168 cm³/mol. The molecular formula is C32H38ClF4N5O4. The number of anilines is 2. The first kappa shape index (κ1) is 33.6. The molecule has 1 unspecified atom stereocenters. The molecule has 1 amide bonds. The maximum Gasteiger partial charge on any atom is 0.410 e. The molecule has 2 saturated heterocycles. The Morgan fingerprint density at radius 2 is 1.67 bits per heavy atom. The molecule has 0 spiro atoms. The topological polar surface area (TPSA) is 79.8 Å². The van der Waals surface area contributed by atoms with Gasteiger partial charge < -0.3 is 24.5 Å². The van der Waals surface area contributed by atoms with Crippen LogP contribution in [0, 0.1) is 0 Å². The number of rotatable bonds is 6. The average molecular weight is 668 g/mol. The SMILES string of the molecule is CN1CC(C(=O)O)=C(C(F)F)N1C1CN(c2cc(Cl)ccc2-c2ccc(N3CCN(C(=O)OC(C)(C)C)CC3)cc2)CC(F)(F)C1. The number of carbonyl (C=O) groups excluding carboxylic acids is 1. The zero-order chi connectivity index (χ0) is 33.6. The highest BCUT2D eigenvalue weighted by atomic mass is 35.5. The van der Waals surface area contributed by atoms with Gasteiger partial charge in [0, 0.05) is 68.2 Å². The number of likely N-dealkylation sites (N-methyl/N-ethyl adjacent to an activating group) is 1. The number of carbonyl (C=O) groups is 2. The summed E-state index contributed by atoms with van der Waals surface area (Å²) in [6, 6.07) is 11.5. The first-order valence-corrected chi connectivity index (χ1v) is 15.4. The second kappa shape index (κ2) is 12.8. The third kappa shape index (κ3) is 7.30. The minimum atomic E-state index is -3.26. The van der Waals surface area contributed by atoms with Crippen LogP contribution in [-0.4, -0.2) is 109 Å². The van der Waals surface area contributed by atoms with E-state index in [-0.39, 0.29) is 19.2 Å². The van der Waals surface area contributed by atoms with Gasteiger partial charge in [-0.3, -0.25) is 5.01 Å². The van der Waals surface area contributed by atoms with Crippen LogP contribution in [0.15, 0.2) is 53.7 Å². The van der Waals surface area contributed by atoms with E-state index in [9.17, 15) is 23.5 Å². The summed E-state index contributed by atoms with van der Waals surface area (Å²) in [5, 5.41) is 12.1. The van der Waals surface area contributed by atoms with E-state index >= 15 is 8.78 Å². The number of piperazine rings is 1. The maximum absolute atomic E-state index is 15.3. The zero-order valence-electron chi connectivity index (χ0n) is 26.2. The third-order valence-electron chi connectivity index (χ3n) is 8.28. The van der Waals surface area contributed by atoms with Gasteiger partial charge in [-0.05, 0) is 50.6 Å². The van der Waals surface area contributed by atoms with E-state index in [0.717, 1.165) is 16.3 Å². The lowest BCUT2D eigenvalue weighted by atomic mass is 9.97. The lowest BCUT2D eigenvalue weighted by molar-refractivity contribution is -0.132. The minimum absolute atomic E-state index is 0.0591. The van der Waals surface area contributed by atoms with E-state index in [4.69, 9.17) is 16.3 Å². The largest absolute Gasteiger partial charge is 0.478 e. The van der Waals surface area contributed by atoms with Crippen molar-refractivity contribution >= 4 is 35.0 Å². The lowest BCUT2D eigenvalue weighted by Crippen LogP contribution is -2.57. The number of ether oxygens (including phenoxy) is 1. The van der Waals surface area contributed by atoms with Crippen LogP contribution in [0.25, 0.3) is 11.1 Å². The molecule has 0 saturated carbocycles. The number of allylic oxidation sites excluding steroid dienone is 1. The molecule has 5 rings (SSSR count). The van der Waals surface area contributed by atoms with Crippen molar-refractivity contribution in [2.75, 3.05) is 62.7 Å². The third-order valence-corrected chi connectivity index (χ3v) is 8.52. The minimum Gasteiger partial charge on any atom is -0.478 e. The smallest absolute Gasteiger partial charge is 0.410 e. The number of hydrazine groups is 1. The fourth-order valence-corrected chi connectivity index (χ4v) is 6.51. The Labute approximate surface area is 270 Å². The fourth-order valence-electron chi connectivity index (χ4n) is 6.35. The van der Waals surface area contributed by atoms with Crippen LogP contribution in [0.3, 0.4) is 0 Å². The van der Waals surface area contributed by atoms with E-state index in [1.807, 2.05) is 45.0 Å². The van der Waals surface area contributed by atoms with Gasteiger partial charge in [0.1, 0.15) is 11.3 Å². The van der Waals surface area contributed by atoms with Crippen LogP contribution in [0.1, 0.15) is 27.2 Å². The van der Waals surface area contributed by atoms with E-state index in [1.165, 1.54) is 17.0 Å². The van der Waals surface area contributed by atoms with E-state index in [0.29, 0.717) is 42.5 Å². The van der Waals surface area contributed by atoms with Crippen LogP contribution in [0.2, 0.25) is 5.02 Å². The summed E-state index contributed by atoms with van der Waals surface area (Å²) in [7, 11) is 1.42. The lowest BCUT2D eigenvalue weighted by Gasteiger charge is -2.46. The number of amides is 1. The molecular weight excluding hydrogens is 630 g/mol. The molecule has 0 bridgehead atoms. The van der Waals surface area contributed by atoms with Crippen LogP contribution in [0.5, 0.6) is 0 Å². The van der Waals surface area contributed by atoms with Crippen LogP contribution >= 0.6 is 11.6 Å². The van der Waals surface area contributed by atoms with Gasteiger partial charge in [-0.15, -0.1) is 0 Å². The molecule has 0 aliphatic carbocycles. The highest BCUT2D eigenvalue weighted by molar-refractivity contribution is 6.31. The van der Waals surface area contributed by atoms with Crippen LogP contribution in [-0.2, 0) is 9.53 Å². The molecule has 0 aromatic heterocycles. The van der Waals surface area contributed by atoms with Crippen molar-refractivity contribution in [1.29, 1.82) is 0 Å². The molecule has 3 aliphatic rings. The highest BCUT2D eigenvalue weighted by Gasteiger charge is 2.48.